The standard InChI is InChI=1S/C16H19BrFN3/c1-9(2)8-21-15(19)14(20-16(21)10-3-4-10)12-7-11(17)5-6-13(12)18/h5-7,9-10H,3-4,8,19H2,1-2H3. The summed E-state index contributed by atoms with van der Waals surface area (Å²) in [4.78, 5) is 4.67. The summed E-state index contributed by atoms with van der Waals surface area (Å²) in [6.07, 6.45) is 2.30. The van der Waals surface area contributed by atoms with E-state index in [1.807, 2.05) is 0 Å². The van der Waals surface area contributed by atoms with Crippen LogP contribution in [0.25, 0.3) is 11.3 Å². The van der Waals surface area contributed by atoms with Gasteiger partial charge in [-0.05, 0) is 37.0 Å². The van der Waals surface area contributed by atoms with Gasteiger partial charge in [0, 0.05) is 22.5 Å². The predicted molar refractivity (Wildman–Crippen MR) is 86.5 cm³/mol. The molecule has 21 heavy (non-hydrogen) atoms. The number of imidazole rings is 1. The lowest BCUT2D eigenvalue weighted by Gasteiger charge is -2.12. The summed E-state index contributed by atoms with van der Waals surface area (Å²) in [7, 11) is 0. The molecule has 0 saturated heterocycles. The zero-order valence-electron chi connectivity index (χ0n) is 12.2. The van der Waals surface area contributed by atoms with E-state index in [1.54, 1.807) is 12.1 Å². The molecule has 2 N–H and O–H groups in total. The summed E-state index contributed by atoms with van der Waals surface area (Å²) >= 11 is 3.38. The quantitative estimate of drug-likeness (QED) is 0.876. The molecule has 1 heterocycles. The van der Waals surface area contributed by atoms with Crippen molar-refractivity contribution in [2.24, 2.45) is 5.92 Å². The Bertz CT molecular complexity index is 674. The molecule has 0 aliphatic heterocycles. The smallest absolute Gasteiger partial charge is 0.132 e. The second-order valence-electron chi connectivity index (χ2n) is 6.11. The van der Waals surface area contributed by atoms with E-state index < -0.39 is 0 Å². The fourth-order valence-corrected chi connectivity index (χ4v) is 2.93. The molecule has 5 heteroatoms. The summed E-state index contributed by atoms with van der Waals surface area (Å²) in [5, 5.41) is 0. The predicted octanol–water partition coefficient (Wildman–Crippen LogP) is 4.57. The molecule has 1 aliphatic carbocycles. The van der Waals surface area contributed by atoms with Gasteiger partial charge in [0.2, 0.25) is 0 Å². The number of benzene rings is 1. The molecule has 1 aromatic heterocycles. The van der Waals surface area contributed by atoms with Crippen molar-refractivity contribution in [3.05, 3.63) is 34.3 Å². The zero-order valence-corrected chi connectivity index (χ0v) is 13.8. The first-order valence-corrected chi connectivity index (χ1v) is 8.08. The first-order chi connectivity index (χ1) is 9.97. The highest BCUT2D eigenvalue weighted by atomic mass is 79.9. The molecule has 1 aromatic carbocycles. The molecule has 0 spiro atoms. The van der Waals surface area contributed by atoms with Crippen molar-refractivity contribution in [3.8, 4) is 11.3 Å². The van der Waals surface area contributed by atoms with Gasteiger partial charge in [0.25, 0.3) is 0 Å². The molecular weight excluding hydrogens is 333 g/mol. The minimum absolute atomic E-state index is 0.290. The van der Waals surface area contributed by atoms with Crippen LogP contribution in [0.5, 0.6) is 0 Å². The zero-order chi connectivity index (χ0) is 15.1. The normalized spacial score (nSPS) is 14.9. The lowest BCUT2D eigenvalue weighted by molar-refractivity contribution is 0.512. The number of nitrogens with two attached hydrogens (primary N) is 1. The van der Waals surface area contributed by atoms with Crippen LogP contribution in [0.4, 0.5) is 10.2 Å². The summed E-state index contributed by atoms with van der Waals surface area (Å²) in [5.74, 6) is 2.24. The molecule has 1 fully saturated rings. The molecule has 1 aliphatic rings. The van der Waals surface area contributed by atoms with Crippen molar-refractivity contribution in [1.82, 2.24) is 9.55 Å². The Kier molecular flexibility index (Phi) is 3.78. The molecule has 1 saturated carbocycles. The third-order valence-electron chi connectivity index (χ3n) is 3.71. The molecule has 112 valence electrons. The highest BCUT2D eigenvalue weighted by Gasteiger charge is 2.31. The molecule has 3 rings (SSSR count). The van der Waals surface area contributed by atoms with Crippen LogP contribution in [-0.2, 0) is 6.54 Å². The van der Waals surface area contributed by atoms with E-state index in [9.17, 15) is 4.39 Å². The Balaban J connectivity index is 2.12. The second kappa shape index (κ2) is 5.44. The first kappa shape index (κ1) is 14.6. The first-order valence-electron chi connectivity index (χ1n) is 7.28. The number of hydrogen-bond acceptors (Lipinski definition) is 2. The molecule has 0 amide bonds. The van der Waals surface area contributed by atoms with Gasteiger partial charge in [0.1, 0.15) is 23.2 Å². The number of anilines is 1. The maximum absolute atomic E-state index is 14.1. The van der Waals surface area contributed by atoms with Crippen LogP contribution in [-0.4, -0.2) is 9.55 Å². The van der Waals surface area contributed by atoms with Crippen molar-refractivity contribution >= 4 is 21.7 Å². The van der Waals surface area contributed by atoms with E-state index in [2.05, 4.69) is 39.3 Å². The van der Waals surface area contributed by atoms with E-state index in [-0.39, 0.29) is 5.82 Å². The summed E-state index contributed by atoms with van der Waals surface area (Å²) in [5.41, 5.74) is 7.32. The van der Waals surface area contributed by atoms with E-state index in [0.29, 0.717) is 28.9 Å². The maximum atomic E-state index is 14.1. The molecule has 0 atom stereocenters. The Morgan fingerprint density at radius 2 is 2.14 bits per heavy atom. The monoisotopic (exact) mass is 351 g/mol. The Hall–Kier alpha value is -1.36. The molecular formula is C16H19BrFN3. The van der Waals surface area contributed by atoms with Crippen LogP contribution in [0, 0.1) is 11.7 Å². The third kappa shape index (κ3) is 2.84. The van der Waals surface area contributed by atoms with Crippen molar-refractivity contribution in [2.45, 2.75) is 39.2 Å². The van der Waals surface area contributed by atoms with E-state index in [0.717, 1.165) is 29.7 Å². The lowest BCUT2D eigenvalue weighted by atomic mass is 10.1. The summed E-state index contributed by atoms with van der Waals surface area (Å²) in [6, 6.07) is 4.86. The molecule has 0 unspecified atom stereocenters. The number of aromatic nitrogens is 2. The van der Waals surface area contributed by atoms with E-state index in [1.165, 1.54) is 6.07 Å². The third-order valence-corrected chi connectivity index (χ3v) is 4.20. The average Bonchev–Trinajstić information content (AvgIpc) is 3.21. The molecule has 3 nitrogen and oxygen atoms in total. The highest BCUT2D eigenvalue weighted by molar-refractivity contribution is 9.10. The topological polar surface area (TPSA) is 43.8 Å². The van der Waals surface area contributed by atoms with Crippen LogP contribution in [0.2, 0.25) is 0 Å². The fourth-order valence-electron chi connectivity index (χ4n) is 2.57. The van der Waals surface area contributed by atoms with Crippen LogP contribution in [0.3, 0.4) is 0 Å². The van der Waals surface area contributed by atoms with E-state index >= 15 is 0 Å². The van der Waals surface area contributed by atoms with Crippen LogP contribution in [0.1, 0.15) is 38.4 Å². The van der Waals surface area contributed by atoms with Gasteiger partial charge in [-0.25, -0.2) is 9.37 Å². The number of nitrogens with zero attached hydrogens (tertiary/aromatic N) is 2. The van der Waals surface area contributed by atoms with Gasteiger partial charge in [-0.1, -0.05) is 29.8 Å². The van der Waals surface area contributed by atoms with Gasteiger partial charge >= 0.3 is 0 Å². The van der Waals surface area contributed by atoms with Gasteiger partial charge in [-0.15, -0.1) is 0 Å². The van der Waals surface area contributed by atoms with Gasteiger partial charge in [0.05, 0.1) is 0 Å². The maximum Gasteiger partial charge on any atom is 0.132 e. The number of halogens is 2. The van der Waals surface area contributed by atoms with Gasteiger partial charge < -0.3 is 10.3 Å². The van der Waals surface area contributed by atoms with Crippen molar-refractivity contribution < 1.29 is 4.39 Å². The Morgan fingerprint density at radius 3 is 2.76 bits per heavy atom. The van der Waals surface area contributed by atoms with Crippen molar-refractivity contribution in [3.63, 3.8) is 0 Å². The van der Waals surface area contributed by atoms with Crippen LogP contribution in [0.15, 0.2) is 22.7 Å². The summed E-state index contributed by atoms with van der Waals surface area (Å²) < 4.78 is 17.0. The van der Waals surface area contributed by atoms with E-state index in [4.69, 9.17) is 5.73 Å². The summed E-state index contributed by atoms with van der Waals surface area (Å²) in [6.45, 7) is 5.12. The molecule has 0 radical (unpaired) electrons. The van der Waals surface area contributed by atoms with Crippen LogP contribution < -0.4 is 5.73 Å². The largest absolute Gasteiger partial charge is 0.383 e. The number of rotatable bonds is 4. The van der Waals surface area contributed by atoms with Crippen LogP contribution >= 0.6 is 15.9 Å². The number of hydrogen-bond donors (Lipinski definition) is 1. The molecule has 2 aromatic rings. The minimum atomic E-state index is -0.290. The Labute approximate surface area is 132 Å². The lowest BCUT2D eigenvalue weighted by Crippen LogP contribution is -2.11. The second-order valence-corrected chi connectivity index (χ2v) is 7.02. The Morgan fingerprint density at radius 1 is 1.43 bits per heavy atom. The number of nitrogen functional groups attached to an aromatic ring is 1. The average molecular weight is 352 g/mol. The van der Waals surface area contributed by atoms with Crippen molar-refractivity contribution in [2.75, 3.05) is 5.73 Å². The van der Waals surface area contributed by atoms with Gasteiger partial charge in [-0.3, -0.25) is 0 Å². The molecule has 0 bridgehead atoms. The minimum Gasteiger partial charge on any atom is -0.383 e. The van der Waals surface area contributed by atoms with Crippen molar-refractivity contribution in [1.29, 1.82) is 0 Å². The highest BCUT2D eigenvalue weighted by Crippen LogP contribution is 2.43. The van der Waals surface area contributed by atoms with Gasteiger partial charge in [0.15, 0.2) is 0 Å². The van der Waals surface area contributed by atoms with Gasteiger partial charge in [-0.2, -0.15) is 0 Å². The SMILES string of the molecule is CC(C)Cn1c(C2CC2)nc(-c2cc(Br)ccc2F)c1N. The fraction of sp³-hybridized carbons (Fsp3) is 0.438.